The van der Waals surface area contributed by atoms with Gasteiger partial charge in [0.05, 0.1) is 6.26 Å². The van der Waals surface area contributed by atoms with E-state index in [1.807, 2.05) is 0 Å². The smallest absolute Gasteiger partial charge is 0.208 e. The molecule has 0 aromatic heterocycles. The second-order valence-electron chi connectivity index (χ2n) is 5.30. The molecule has 0 atom stereocenters. The topological polar surface area (TPSA) is 82.6 Å². The molecular formula is C15H27IN4O2S. The fraction of sp³-hybridized carbons (Fsp3) is 0.533. The summed E-state index contributed by atoms with van der Waals surface area (Å²) in [5.74, 6) is 0.708. The number of nitrogens with one attached hydrogen (secondary N) is 3. The SMILES string of the molecule is CN=C(NCCCNS(C)(=O)=O)NCc1ccc(C)cc1C.I. The van der Waals surface area contributed by atoms with Crippen LogP contribution in [0.5, 0.6) is 0 Å². The number of nitrogens with zero attached hydrogens (tertiary/aromatic N) is 1. The molecule has 0 heterocycles. The number of hydrogen-bond acceptors (Lipinski definition) is 3. The third-order valence-corrected chi connectivity index (χ3v) is 3.91. The van der Waals surface area contributed by atoms with Crippen molar-refractivity contribution in [3.05, 3.63) is 34.9 Å². The summed E-state index contributed by atoms with van der Waals surface area (Å²) in [7, 11) is -1.39. The fourth-order valence-corrected chi connectivity index (χ4v) is 2.51. The van der Waals surface area contributed by atoms with E-state index >= 15 is 0 Å². The average molecular weight is 454 g/mol. The highest BCUT2D eigenvalue weighted by Gasteiger charge is 2.02. The van der Waals surface area contributed by atoms with Crippen molar-refractivity contribution in [2.45, 2.75) is 26.8 Å². The van der Waals surface area contributed by atoms with Crippen LogP contribution >= 0.6 is 24.0 Å². The van der Waals surface area contributed by atoms with Crippen LogP contribution in [0.1, 0.15) is 23.1 Å². The van der Waals surface area contributed by atoms with E-state index in [0.29, 0.717) is 32.0 Å². The van der Waals surface area contributed by atoms with E-state index in [9.17, 15) is 8.42 Å². The van der Waals surface area contributed by atoms with E-state index in [2.05, 4.69) is 52.4 Å². The van der Waals surface area contributed by atoms with Crippen LogP contribution in [0.2, 0.25) is 0 Å². The van der Waals surface area contributed by atoms with Crippen LogP contribution in [0.15, 0.2) is 23.2 Å². The van der Waals surface area contributed by atoms with Crippen LogP contribution in [0, 0.1) is 13.8 Å². The van der Waals surface area contributed by atoms with E-state index in [-0.39, 0.29) is 24.0 Å². The summed E-state index contributed by atoms with van der Waals surface area (Å²) < 4.78 is 24.3. The van der Waals surface area contributed by atoms with Crippen LogP contribution in [0.25, 0.3) is 0 Å². The lowest BCUT2D eigenvalue weighted by atomic mass is 10.1. The van der Waals surface area contributed by atoms with E-state index in [1.165, 1.54) is 16.7 Å². The summed E-state index contributed by atoms with van der Waals surface area (Å²) in [6.07, 6.45) is 1.85. The van der Waals surface area contributed by atoms with Gasteiger partial charge in [0, 0.05) is 26.7 Å². The highest BCUT2D eigenvalue weighted by molar-refractivity contribution is 14.0. The number of hydrogen-bond donors (Lipinski definition) is 3. The molecule has 0 aliphatic carbocycles. The highest BCUT2D eigenvalue weighted by Crippen LogP contribution is 2.09. The highest BCUT2D eigenvalue weighted by atomic mass is 127. The van der Waals surface area contributed by atoms with Gasteiger partial charge in [-0.25, -0.2) is 13.1 Å². The predicted octanol–water partition coefficient (Wildman–Crippen LogP) is 1.53. The number of halogens is 1. The molecule has 6 nitrogen and oxygen atoms in total. The van der Waals surface area contributed by atoms with Gasteiger partial charge in [0.2, 0.25) is 10.0 Å². The molecule has 23 heavy (non-hydrogen) atoms. The van der Waals surface area contributed by atoms with Gasteiger partial charge in [0.15, 0.2) is 5.96 Å². The third kappa shape index (κ3) is 9.77. The standard InChI is InChI=1S/C15H26N4O2S.HI/c1-12-6-7-14(13(2)10-12)11-18-15(16-3)17-8-5-9-19-22(4,20)21;/h6-7,10,19H,5,8-9,11H2,1-4H3,(H2,16,17,18);1H. The summed E-state index contributed by atoms with van der Waals surface area (Å²) in [4.78, 5) is 4.15. The van der Waals surface area contributed by atoms with Crippen LogP contribution < -0.4 is 15.4 Å². The normalized spacial score (nSPS) is 11.7. The first-order valence-corrected chi connectivity index (χ1v) is 9.16. The number of aliphatic imine (C=N–C) groups is 1. The molecule has 1 rings (SSSR count). The van der Waals surface area contributed by atoms with Crippen molar-refractivity contribution < 1.29 is 8.42 Å². The molecule has 0 aliphatic heterocycles. The maximum Gasteiger partial charge on any atom is 0.208 e. The van der Waals surface area contributed by atoms with Gasteiger partial charge in [0.25, 0.3) is 0 Å². The molecule has 0 unspecified atom stereocenters. The second kappa shape index (κ2) is 10.8. The quantitative estimate of drug-likeness (QED) is 0.253. The van der Waals surface area contributed by atoms with Crippen molar-refractivity contribution in [3.8, 4) is 0 Å². The Morgan fingerprint density at radius 3 is 2.43 bits per heavy atom. The van der Waals surface area contributed by atoms with Crippen molar-refractivity contribution in [1.82, 2.24) is 15.4 Å². The first kappa shape index (κ1) is 22.1. The van der Waals surface area contributed by atoms with Gasteiger partial charge < -0.3 is 10.6 Å². The summed E-state index contributed by atoms with van der Waals surface area (Å²) in [6.45, 7) is 5.94. The largest absolute Gasteiger partial charge is 0.356 e. The summed E-state index contributed by atoms with van der Waals surface area (Å²) in [6, 6.07) is 6.36. The number of benzene rings is 1. The zero-order chi connectivity index (χ0) is 16.6. The van der Waals surface area contributed by atoms with Gasteiger partial charge in [-0.15, -0.1) is 24.0 Å². The number of guanidine groups is 1. The minimum absolute atomic E-state index is 0. The maximum atomic E-state index is 10.9. The van der Waals surface area contributed by atoms with Crippen molar-refractivity contribution in [3.63, 3.8) is 0 Å². The molecule has 0 saturated heterocycles. The molecule has 0 fully saturated rings. The fourth-order valence-electron chi connectivity index (χ4n) is 2.00. The minimum Gasteiger partial charge on any atom is -0.356 e. The first-order valence-electron chi connectivity index (χ1n) is 7.27. The molecule has 0 bridgehead atoms. The Morgan fingerprint density at radius 2 is 1.87 bits per heavy atom. The zero-order valence-corrected chi connectivity index (χ0v) is 17.3. The van der Waals surface area contributed by atoms with Crippen molar-refractivity contribution >= 4 is 40.0 Å². The zero-order valence-electron chi connectivity index (χ0n) is 14.1. The van der Waals surface area contributed by atoms with Crippen LogP contribution in [-0.2, 0) is 16.6 Å². The van der Waals surface area contributed by atoms with Gasteiger partial charge in [-0.05, 0) is 31.4 Å². The molecule has 0 spiro atoms. The summed E-state index contributed by atoms with van der Waals surface area (Å²) in [5.41, 5.74) is 3.73. The van der Waals surface area contributed by atoms with E-state index < -0.39 is 10.0 Å². The lowest BCUT2D eigenvalue weighted by molar-refractivity contribution is 0.584. The Hall–Kier alpha value is -0.870. The predicted molar refractivity (Wildman–Crippen MR) is 107 cm³/mol. The Balaban J connectivity index is 0.00000484. The monoisotopic (exact) mass is 454 g/mol. The van der Waals surface area contributed by atoms with Crippen LogP contribution in [-0.4, -0.2) is 40.8 Å². The molecule has 1 aromatic carbocycles. The molecule has 8 heteroatoms. The lowest BCUT2D eigenvalue weighted by Crippen LogP contribution is -2.38. The molecule has 132 valence electrons. The number of aryl methyl sites for hydroxylation is 2. The van der Waals surface area contributed by atoms with Crippen LogP contribution in [0.3, 0.4) is 0 Å². The Kier molecular flexibility index (Phi) is 10.4. The van der Waals surface area contributed by atoms with E-state index in [0.717, 1.165) is 6.26 Å². The Bertz CT molecular complexity index is 618. The molecule has 1 aromatic rings. The third-order valence-electron chi connectivity index (χ3n) is 3.18. The Labute approximate surface area is 156 Å². The summed E-state index contributed by atoms with van der Waals surface area (Å²) >= 11 is 0. The second-order valence-corrected chi connectivity index (χ2v) is 7.14. The molecule has 0 aliphatic rings. The van der Waals surface area contributed by atoms with Crippen molar-refractivity contribution in [2.75, 3.05) is 26.4 Å². The van der Waals surface area contributed by atoms with Gasteiger partial charge in [-0.1, -0.05) is 23.8 Å². The van der Waals surface area contributed by atoms with Gasteiger partial charge in [0.1, 0.15) is 0 Å². The minimum atomic E-state index is -3.11. The van der Waals surface area contributed by atoms with Gasteiger partial charge in [-0.2, -0.15) is 0 Å². The molecule has 0 saturated carbocycles. The maximum absolute atomic E-state index is 10.9. The van der Waals surface area contributed by atoms with Crippen LogP contribution in [0.4, 0.5) is 0 Å². The van der Waals surface area contributed by atoms with E-state index in [4.69, 9.17) is 0 Å². The van der Waals surface area contributed by atoms with Crippen molar-refractivity contribution in [1.29, 1.82) is 0 Å². The van der Waals surface area contributed by atoms with Gasteiger partial charge in [-0.3, -0.25) is 4.99 Å². The number of rotatable bonds is 7. The summed E-state index contributed by atoms with van der Waals surface area (Å²) in [5, 5.41) is 6.41. The molecule has 0 amide bonds. The lowest BCUT2D eigenvalue weighted by Gasteiger charge is -2.13. The van der Waals surface area contributed by atoms with E-state index in [1.54, 1.807) is 7.05 Å². The first-order chi connectivity index (χ1) is 10.3. The average Bonchev–Trinajstić information content (AvgIpc) is 2.42. The Morgan fingerprint density at radius 1 is 1.17 bits per heavy atom. The van der Waals surface area contributed by atoms with Crippen molar-refractivity contribution in [2.24, 2.45) is 4.99 Å². The molecular weight excluding hydrogens is 427 g/mol. The molecule has 3 N–H and O–H groups in total. The molecule has 0 radical (unpaired) electrons. The van der Waals surface area contributed by atoms with Gasteiger partial charge >= 0.3 is 0 Å². The number of sulfonamides is 1.